The van der Waals surface area contributed by atoms with Gasteiger partial charge in [0, 0.05) is 0 Å². The van der Waals surface area contributed by atoms with Crippen molar-refractivity contribution in [2.75, 3.05) is 0 Å². The van der Waals surface area contributed by atoms with Crippen molar-refractivity contribution in [3.05, 3.63) is 0 Å². The quantitative estimate of drug-likeness (QED) is 0.252. The normalized spacial score (nSPS) is 7.38. The second-order valence-electron chi connectivity index (χ2n) is 0.447. The molecule has 0 amide bonds. The maximum absolute atomic E-state index is 8.55. The number of rotatable bonds is 0. The van der Waals surface area contributed by atoms with Crippen molar-refractivity contribution in [1.82, 2.24) is 0 Å². The number of phosphoric acid groups is 1. The van der Waals surface area contributed by atoms with E-state index in [9.17, 15) is 0 Å². The Bertz CT molecular complexity index is 60.2. The van der Waals surface area contributed by atoms with Gasteiger partial charge in [-0.1, -0.05) is 0 Å². The Hall–Kier alpha value is 2.71. The standard InChI is InChI=1S/Li.2Na.H3O4P/c;;;1-5(2,3)4/h;;;(H3,1,2,3,4)/q3*+1;/p-3. The summed E-state index contributed by atoms with van der Waals surface area (Å²) < 4.78 is 8.55. The minimum Gasteiger partial charge on any atom is -0.822 e. The molecule has 8 heavy (non-hydrogen) atoms. The Kier molecular flexibility index (Phi) is 27.2. The summed E-state index contributed by atoms with van der Waals surface area (Å²) >= 11 is 0. The summed E-state index contributed by atoms with van der Waals surface area (Å²) in [6, 6.07) is 0. The van der Waals surface area contributed by atoms with Crippen molar-refractivity contribution >= 4 is 7.82 Å². The van der Waals surface area contributed by atoms with Gasteiger partial charge in [-0.15, -0.1) is 0 Å². The molecule has 0 N–H and O–H groups in total. The van der Waals surface area contributed by atoms with Gasteiger partial charge in [0.2, 0.25) is 0 Å². The fraction of sp³-hybridized carbons (Fsp3) is 0. The molecule has 0 radical (unpaired) electrons. The summed E-state index contributed by atoms with van der Waals surface area (Å²) in [4.78, 5) is 25.6. The van der Waals surface area contributed by atoms with Crippen LogP contribution in [0.5, 0.6) is 0 Å². The van der Waals surface area contributed by atoms with Crippen LogP contribution in [0.1, 0.15) is 0 Å². The summed E-state index contributed by atoms with van der Waals surface area (Å²) in [6.07, 6.45) is 0. The third-order valence-corrected chi connectivity index (χ3v) is 0. The fourth-order valence-corrected chi connectivity index (χ4v) is 0. The van der Waals surface area contributed by atoms with Gasteiger partial charge in [0.25, 0.3) is 0 Å². The van der Waals surface area contributed by atoms with E-state index in [0.717, 1.165) is 0 Å². The van der Waals surface area contributed by atoms with Crippen molar-refractivity contribution in [2.24, 2.45) is 0 Å². The molecular formula is LiNa2O4P. The van der Waals surface area contributed by atoms with E-state index in [1.54, 1.807) is 0 Å². The van der Waals surface area contributed by atoms with E-state index in [0.29, 0.717) is 0 Å². The van der Waals surface area contributed by atoms with Crippen LogP contribution in [0.15, 0.2) is 0 Å². The monoisotopic (exact) mass is 148 g/mol. The molecule has 0 aliphatic rings. The fourth-order valence-electron chi connectivity index (χ4n) is 0. The van der Waals surface area contributed by atoms with Crippen LogP contribution in [0.2, 0.25) is 0 Å². The molecule has 0 rings (SSSR count). The minimum atomic E-state index is -5.39. The minimum absolute atomic E-state index is 0. The van der Waals surface area contributed by atoms with Gasteiger partial charge < -0.3 is 19.2 Å². The number of hydrogen-bond donors (Lipinski definition) is 0. The van der Waals surface area contributed by atoms with Crippen molar-refractivity contribution in [3.63, 3.8) is 0 Å². The van der Waals surface area contributed by atoms with Gasteiger partial charge in [0.05, 0.1) is 0 Å². The van der Waals surface area contributed by atoms with Gasteiger partial charge in [-0.2, -0.15) is 7.82 Å². The van der Waals surface area contributed by atoms with Crippen molar-refractivity contribution in [1.29, 1.82) is 0 Å². The van der Waals surface area contributed by atoms with Crippen LogP contribution >= 0.6 is 7.82 Å². The first kappa shape index (κ1) is 22.4. The summed E-state index contributed by atoms with van der Waals surface area (Å²) in [5.41, 5.74) is 0. The van der Waals surface area contributed by atoms with Crippen LogP contribution in [0.25, 0.3) is 0 Å². The van der Waals surface area contributed by atoms with Crippen molar-refractivity contribution in [3.8, 4) is 0 Å². The van der Waals surface area contributed by atoms with E-state index < -0.39 is 7.82 Å². The van der Waals surface area contributed by atoms with Gasteiger partial charge in [0.1, 0.15) is 0 Å². The molecule has 4 nitrogen and oxygen atoms in total. The average molecular weight is 148 g/mol. The van der Waals surface area contributed by atoms with E-state index in [1.165, 1.54) is 0 Å². The zero-order valence-electron chi connectivity index (χ0n) is 5.08. The molecule has 0 saturated carbocycles. The van der Waals surface area contributed by atoms with Crippen LogP contribution in [-0.2, 0) is 4.57 Å². The smallest absolute Gasteiger partial charge is 0.822 e. The van der Waals surface area contributed by atoms with E-state index in [4.69, 9.17) is 19.2 Å². The number of hydrogen-bond acceptors (Lipinski definition) is 4. The third kappa shape index (κ3) is 70.6. The van der Waals surface area contributed by atoms with E-state index in [1.807, 2.05) is 0 Å². The molecule has 0 aromatic rings. The van der Waals surface area contributed by atoms with E-state index in [-0.39, 0.29) is 78.0 Å². The molecule has 0 fully saturated rings. The summed E-state index contributed by atoms with van der Waals surface area (Å²) in [5.74, 6) is 0. The van der Waals surface area contributed by atoms with E-state index in [2.05, 4.69) is 0 Å². The van der Waals surface area contributed by atoms with Crippen LogP contribution < -0.4 is 92.7 Å². The van der Waals surface area contributed by atoms with Crippen LogP contribution in [0, 0.1) is 0 Å². The molecule has 0 spiro atoms. The average Bonchev–Trinajstić information content (AvgIpc) is 0.722. The van der Waals surface area contributed by atoms with Gasteiger partial charge in [-0.3, -0.25) is 0 Å². The Morgan fingerprint density at radius 2 is 1.00 bits per heavy atom. The Morgan fingerprint density at radius 3 is 1.00 bits per heavy atom. The first-order valence-corrected chi connectivity index (χ1v) is 2.19. The zero-order valence-corrected chi connectivity index (χ0v) is 9.97. The molecule has 0 unspecified atom stereocenters. The molecular weight excluding hydrogens is 148 g/mol. The van der Waals surface area contributed by atoms with Gasteiger partial charge in [0.15, 0.2) is 0 Å². The van der Waals surface area contributed by atoms with Gasteiger partial charge in [-0.05, 0) is 0 Å². The Morgan fingerprint density at radius 1 is 1.00 bits per heavy atom. The van der Waals surface area contributed by atoms with Crippen LogP contribution in [0.3, 0.4) is 0 Å². The summed E-state index contributed by atoms with van der Waals surface area (Å²) in [5, 5.41) is 0. The predicted molar refractivity (Wildman–Crippen MR) is 7.61 cm³/mol. The molecule has 0 aromatic carbocycles. The third-order valence-electron chi connectivity index (χ3n) is 0. The molecule has 0 heterocycles. The molecule has 32 valence electrons. The molecule has 0 aliphatic carbocycles. The SMILES string of the molecule is O=P([O-])([O-])[O-].[Li+].[Na+].[Na+]. The summed E-state index contributed by atoms with van der Waals surface area (Å²) in [6.45, 7) is 0. The first-order valence-electron chi connectivity index (χ1n) is 0.730. The zero-order chi connectivity index (χ0) is 4.50. The molecule has 8 heteroatoms. The largest absolute Gasteiger partial charge is 1.00 e. The topological polar surface area (TPSA) is 86.2 Å². The van der Waals surface area contributed by atoms with Gasteiger partial charge in [-0.25, -0.2) is 0 Å². The molecule has 0 atom stereocenters. The Balaban J connectivity index is -0.0000000267. The van der Waals surface area contributed by atoms with Gasteiger partial charge >= 0.3 is 78.0 Å². The maximum Gasteiger partial charge on any atom is 1.00 e. The van der Waals surface area contributed by atoms with Crippen molar-refractivity contribution < 1.29 is 97.2 Å². The van der Waals surface area contributed by atoms with E-state index >= 15 is 0 Å². The first-order chi connectivity index (χ1) is 2.00. The van der Waals surface area contributed by atoms with Crippen molar-refractivity contribution in [2.45, 2.75) is 0 Å². The molecule has 0 aliphatic heterocycles. The second-order valence-corrected chi connectivity index (χ2v) is 1.34. The van der Waals surface area contributed by atoms with Crippen LogP contribution in [0.4, 0.5) is 0 Å². The summed E-state index contributed by atoms with van der Waals surface area (Å²) in [7, 11) is -5.39. The molecule has 0 bridgehead atoms. The Labute approximate surface area is 103 Å². The second kappa shape index (κ2) is 9.71. The molecule has 0 aromatic heterocycles. The van der Waals surface area contributed by atoms with Crippen LogP contribution in [-0.4, -0.2) is 0 Å². The maximum atomic E-state index is 8.55. The molecule has 0 saturated heterocycles. The predicted octanol–water partition coefficient (Wildman–Crippen LogP) is -11.8.